The molecule has 4 rings (SSSR count). The van der Waals surface area contributed by atoms with Crippen molar-refractivity contribution in [3.8, 4) is 11.5 Å². The van der Waals surface area contributed by atoms with E-state index in [4.69, 9.17) is 14.5 Å². The number of hydrogen-bond acceptors (Lipinski definition) is 6. The Morgan fingerprint density at radius 2 is 2.12 bits per heavy atom. The van der Waals surface area contributed by atoms with Crippen LogP contribution in [0.15, 0.2) is 30.5 Å². The largest absolute Gasteiger partial charge is 0.454 e. The van der Waals surface area contributed by atoms with Crippen LogP contribution in [0.25, 0.3) is 0 Å². The average molecular weight is 340 g/mol. The average Bonchev–Trinajstić information content (AvgIpc) is 3.14. The number of aromatic nitrogens is 2. The first-order valence-electron chi connectivity index (χ1n) is 9.05. The number of anilines is 2. The molecule has 2 aliphatic rings. The number of hydrogen-bond donors (Lipinski definition) is 1. The zero-order valence-electron chi connectivity index (χ0n) is 14.6. The minimum Gasteiger partial charge on any atom is -0.454 e. The minimum absolute atomic E-state index is 0.302. The fourth-order valence-electron chi connectivity index (χ4n) is 3.52. The lowest BCUT2D eigenvalue weighted by atomic mass is 10.0. The third kappa shape index (κ3) is 3.48. The fourth-order valence-corrected chi connectivity index (χ4v) is 3.52. The van der Waals surface area contributed by atoms with E-state index in [2.05, 4.69) is 22.1 Å². The first-order valence-corrected chi connectivity index (χ1v) is 9.05. The Morgan fingerprint density at radius 1 is 1.20 bits per heavy atom. The van der Waals surface area contributed by atoms with Crippen LogP contribution in [0.4, 0.5) is 11.8 Å². The zero-order valence-corrected chi connectivity index (χ0v) is 14.6. The van der Waals surface area contributed by atoms with Gasteiger partial charge in [-0.25, -0.2) is 4.98 Å². The van der Waals surface area contributed by atoms with Gasteiger partial charge in [0.15, 0.2) is 11.5 Å². The van der Waals surface area contributed by atoms with E-state index in [9.17, 15) is 0 Å². The molecule has 25 heavy (non-hydrogen) atoms. The van der Waals surface area contributed by atoms with E-state index >= 15 is 0 Å². The maximum atomic E-state index is 5.43. The molecule has 2 aromatic rings. The molecule has 2 aliphatic heterocycles. The van der Waals surface area contributed by atoms with Crippen molar-refractivity contribution in [2.75, 3.05) is 23.6 Å². The lowest BCUT2D eigenvalue weighted by Gasteiger charge is -2.35. The lowest BCUT2D eigenvalue weighted by molar-refractivity contribution is 0.174. The number of nitrogens with one attached hydrogen (secondary N) is 1. The van der Waals surface area contributed by atoms with Gasteiger partial charge in [0, 0.05) is 25.3 Å². The topological polar surface area (TPSA) is 59.5 Å². The summed E-state index contributed by atoms with van der Waals surface area (Å²) in [4.78, 5) is 11.6. The molecule has 0 bridgehead atoms. The van der Waals surface area contributed by atoms with Gasteiger partial charge in [-0.15, -0.1) is 0 Å². The summed E-state index contributed by atoms with van der Waals surface area (Å²) in [7, 11) is 0. The highest BCUT2D eigenvalue weighted by molar-refractivity contribution is 5.47. The van der Waals surface area contributed by atoms with Gasteiger partial charge >= 0.3 is 0 Å². The Bertz CT molecular complexity index is 737. The van der Waals surface area contributed by atoms with Crippen molar-refractivity contribution < 1.29 is 9.47 Å². The zero-order chi connectivity index (χ0) is 17.1. The van der Waals surface area contributed by atoms with Gasteiger partial charge in [-0.2, -0.15) is 4.98 Å². The molecule has 1 saturated heterocycles. The number of benzene rings is 1. The van der Waals surface area contributed by atoms with E-state index in [-0.39, 0.29) is 0 Å². The van der Waals surface area contributed by atoms with Crippen LogP contribution in [0.1, 0.15) is 38.2 Å². The van der Waals surface area contributed by atoms with E-state index in [1.54, 1.807) is 0 Å². The molecule has 0 radical (unpaired) electrons. The predicted molar refractivity (Wildman–Crippen MR) is 97.2 cm³/mol. The van der Waals surface area contributed by atoms with Crippen LogP contribution in [0, 0.1) is 0 Å². The third-order valence-corrected chi connectivity index (χ3v) is 4.91. The summed E-state index contributed by atoms with van der Waals surface area (Å²) >= 11 is 0. The molecule has 0 amide bonds. The summed E-state index contributed by atoms with van der Waals surface area (Å²) in [5, 5.41) is 3.39. The Hall–Kier alpha value is -2.50. The molecule has 132 valence electrons. The first-order chi connectivity index (χ1) is 12.3. The highest BCUT2D eigenvalue weighted by atomic mass is 16.7. The molecule has 3 heterocycles. The van der Waals surface area contributed by atoms with Gasteiger partial charge in [0.05, 0.1) is 0 Å². The highest BCUT2D eigenvalue weighted by Gasteiger charge is 2.23. The van der Waals surface area contributed by atoms with E-state index in [0.29, 0.717) is 19.4 Å². The van der Waals surface area contributed by atoms with Crippen LogP contribution in [-0.4, -0.2) is 29.3 Å². The third-order valence-electron chi connectivity index (χ3n) is 4.91. The summed E-state index contributed by atoms with van der Waals surface area (Å²) in [5.41, 5.74) is 1.13. The normalized spacial score (nSPS) is 19.1. The molecule has 1 atom stereocenters. The van der Waals surface area contributed by atoms with Gasteiger partial charge in [-0.1, -0.05) is 13.0 Å². The van der Waals surface area contributed by atoms with Crippen LogP contribution >= 0.6 is 0 Å². The molecule has 0 spiro atoms. The molecule has 1 fully saturated rings. The van der Waals surface area contributed by atoms with Crippen molar-refractivity contribution in [3.63, 3.8) is 0 Å². The first kappa shape index (κ1) is 16.0. The van der Waals surface area contributed by atoms with Crippen molar-refractivity contribution in [2.24, 2.45) is 0 Å². The predicted octanol–water partition coefficient (Wildman–Crippen LogP) is 3.59. The molecule has 0 saturated carbocycles. The SMILES string of the molecule is CCC1CCCCN1c1nccc(NCc2ccc3c(c2)OCO3)n1. The van der Waals surface area contributed by atoms with Gasteiger partial charge in [-0.05, 0) is 49.4 Å². The van der Waals surface area contributed by atoms with Crippen LogP contribution in [-0.2, 0) is 6.54 Å². The molecule has 1 N–H and O–H groups in total. The maximum Gasteiger partial charge on any atom is 0.231 e. The molecular weight excluding hydrogens is 316 g/mol. The lowest BCUT2D eigenvalue weighted by Crippen LogP contribution is -2.40. The second-order valence-corrected chi connectivity index (χ2v) is 6.53. The standard InChI is InChI=1S/C19H24N4O2/c1-2-15-5-3-4-10-23(15)19-20-9-8-18(22-19)21-12-14-6-7-16-17(11-14)25-13-24-16/h6-9,11,15H,2-5,10,12-13H2,1H3,(H,20,21,22). The molecule has 1 unspecified atom stereocenters. The van der Waals surface area contributed by atoms with Crippen LogP contribution in [0.2, 0.25) is 0 Å². The Balaban J connectivity index is 1.44. The molecule has 1 aromatic heterocycles. The summed E-state index contributed by atoms with van der Waals surface area (Å²) in [6, 6.07) is 8.47. The van der Waals surface area contributed by atoms with E-state index in [1.807, 2.05) is 30.5 Å². The second-order valence-electron chi connectivity index (χ2n) is 6.53. The molecular formula is C19H24N4O2. The van der Waals surface area contributed by atoms with Gasteiger partial charge in [0.1, 0.15) is 5.82 Å². The number of piperidine rings is 1. The van der Waals surface area contributed by atoms with Crippen molar-refractivity contribution in [1.82, 2.24) is 9.97 Å². The Labute approximate surface area is 148 Å². The van der Waals surface area contributed by atoms with E-state index in [1.165, 1.54) is 19.3 Å². The van der Waals surface area contributed by atoms with Crippen LogP contribution in [0.5, 0.6) is 11.5 Å². The quantitative estimate of drug-likeness (QED) is 0.898. The maximum absolute atomic E-state index is 5.43. The van der Waals surface area contributed by atoms with Crippen molar-refractivity contribution >= 4 is 11.8 Å². The van der Waals surface area contributed by atoms with Gasteiger partial charge < -0.3 is 19.7 Å². The second kappa shape index (κ2) is 7.17. The molecule has 1 aromatic carbocycles. The fraction of sp³-hybridized carbons (Fsp3) is 0.474. The van der Waals surface area contributed by atoms with E-state index in [0.717, 1.165) is 41.8 Å². The summed E-state index contributed by atoms with van der Waals surface area (Å²) in [5.74, 6) is 3.30. The Morgan fingerprint density at radius 3 is 3.04 bits per heavy atom. The van der Waals surface area contributed by atoms with Crippen LogP contribution < -0.4 is 19.7 Å². The van der Waals surface area contributed by atoms with Crippen molar-refractivity contribution in [1.29, 1.82) is 0 Å². The summed E-state index contributed by atoms with van der Waals surface area (Å²) in [6.07, 6.45) is 6.73. The van der Waals surface area contributed by atoms with Gasteiger partial charge in [0.25, 0.3) is 0 Å². The smallest absolute Gasteiger partial charge is 0.231 e. The van der Waals surface area contributed by atoms with Crippen molar-refractivity contribution in [3.05, 3.63) is 36.0 Å². The van der Waals surface area contributed by atoms with Gasteiger partial charge in [0.2, 0.25) is 12.7 Å². The number of fused-ring (bicyclic) bond motifs is 1. The summed E-state index contributed by atoms with van der Waals surface area (Å²) in [6.45, 7) is 4.27. The Kier molecular flexibility index (Phi) is 4.59. The number of rotatable bonds is 5. The van der Waals surface area contributed by atoms with Crippen LogP contribution in [0.3, 0.4) is 0 Å². The van der Waals surface area contributed by atoms with Crippen molar-refractivity contribution in [2.45, 2.75) is 45.2 Å². The summed E-state index contributed by atoms with van der Waals surface area (Å²) < 4.78 is 10.8. The van der Waals surface area contributed by atoms with E-state index < -0.39 is 0 Å². The minimum atomic E-state index is 0.302. The monoisotopic (exact) mass is 340 g/mol. The molecule has 6 nitrogen and oxygen atoms in total. The number of nitrogens with zero attached hydrogens (tertiary/aromatic N) is 3. The number of ether oxygens (including phenoxy) is 2. The highest BCUT2D eigenvalue weighted by Crippen LogP contribution is 2.32. The van der Waals surface area contributed by atoms with Gasteiger partial charge in [-0.3, -0.25) is 0 Å². The molecule has 6 heteroatoms. The molecule has 0 aliphatic carbocycles.